The number of nitrogens with zero attached hydrogens (tertiary/aromatic N) is 3. The third kappa shape index (κ3) is 1.68. The van der Waals surface area contributed by atoms with E-state index in [1.807, 2.05) is 18.2 Å². The van der Waals surface area contributed by atoms with Crippen LogP contribution in [0.3, 0.4) is 0 Å². The Kier molecular flexibility index (Phi) is 2.84. The van der Waals surface area contributed by atoms with Gasteiger partial charge in [-0.1, -0.05) is 33.2 Å². The van der Waals surface area contributed by atoms with Crippen molar-refractivity contribution in [1.82, 2.24) is 0 Å². The molecule has 0 amide bonds. The number of rotatable bonds is 2. The summed E-state index contributed by atoms with van der Waals surface area (Å²) in [6.07, 6.45) is 0.871. The number of alkyl halides is 1. The van der Waals surface area contributed by atoms with Gasteiger partial charge in [-0.25, -0.2) is 0 Å². The predicted molar refractivity (Wildman–Crippen MR) is 61.3 cm³/mol. The number of ether oxygens (including phenoxy) is 1. The quantitative estimate of drug-likeness (QED) is 0.351. The Morgan fingerprint density at radius 1 is 1.60 bits per heavy atom. The fourth-order valence-corrected chi connectivity index (χ4v) is 2.69. The van der Waals surface area contributed by atoms with E-state index >= 15 is 0 Å². The monoisotopic (exact) mass is 267 g/mol. The van der Waals surface area contributed by atoms with Crippen LogP contribution in [0.1, 0.15) is 17.2 Å². The van der Waals surface area contributed by atoms with Crippen molar-refractivity contribution < 1.29 is 4.74 Å². The molecule has 2 atom stereocenters. The van der Waals surface area contributed by atoms with Crippen molar-refractivity contribution in [2.45, 2.75) is 17.3 Å². The standard InChI is InChI=1S/C10H10BrN3O/c1-15-8-4-2-3-6-5-7(11)10(9(6)8)13-14-12/h2-4,7,10H,5H2,1H3/t7-,10+/m1/s1. The summed E-state index contributed by atoms with van der Waals surface area (Å²) in [5.41, 5.74) is 10.7. The number of benzene rings is 1. The molecule has 0 spiro atoms. The summed E-state index contributed by atoms with van der Waals surface area (Å²) < 4.78 is 5.28. The van der Waals surface area contributed by atoms with Gasteiger partial charge < -0.3 is 4.74 Å². The van der Waals surface area contributed by atoms with Crippen molar-refractivity contribution in [3.8, 4) is 5.75 Å². The zero-order valence-corrected chi connectivity index (χ0v) is 9.81. The Bertz CT molecular complexity index is 429. The largest absolute Gasteiger partial charge is 0.496 e. The molecule has 1 aliphatic carbocycles. The summed E-state index contributed by atoms with van der Waals surface area (Å²) in [7, 11) is 1.63. The molecule has 1 aromatic rings. The van der Waals surface area contributed by atoms with E-state index in [9.17, 15) is 0 Å². The average molecular weight is 268 g/mol. The van der Waals surface area contributed by atoms with Gasteiger partial charge in [-0.15, -0.1) is 0 Å². The minimum absolute atomic E-state index is 0.166. The second-order valence-corrected chi connectivity index (χ2v) is 4.58. The van der Waals surface area contributed by atoms with Crippen LogP contribution in [-0.4, -0.2) is 11.9 Å². The molecule has 2 rings (SSSR count). The van der Waals surface area contributed by atoms with Gasteiger partial charge in [0.1, 0.15) is 5.75 Å². The van der Waals surface area contributed by atoms with E-state index in [4.69, 9.17) is 10.3 Å². The van der Waals surface area contributed by atoms with Crippen LogP contribution in [-0.2, 0) is 6.42 Å². The van der Waals surface area contributed by atoms with E-state index in [0.717, 1.165) is 17.7 Å². The van der Waals surface area contributed by atoms with Crippen LogP contribution in [0, 0.1) is 0 Å². The maximum Gasteiger partial charge on any atom is 0.122 e. The first kappa shape index (κ1) is 10.3. The van der Waals surface area contributed by atoms with Crippen molar-refractivity contribution in [2.24, 2.45) is 5.11 Å². The van der Waals surface area contributed by atoms with Crippen molar-refractivity contribution in [1.29, 1.82) is 0 Å². The first-order valence-electron chi connectivity index (χ1n) is 4.62. The maximum atomic E-state index is 8.53. The molecule has 4 nitrogen and oxygen atoms in total. The van der Waals surface area contributed by atoms with Gasteiger partial charge in [0.05, 0.1) is 13.2 Å². The average Bonchev–Trinajstić information content (AvgIpc) is 2.56. The van der Waals surface area contributed by atoms with E-state index < -0.39 is 0 Å². The molecule has 78 valence electrons. The highest BCUT2D eigenvalue weighted by Gasteiger charge is 2.32. The van der Waals surface area contributed by atoms with Crippen molar-refractivity contribution in [3.05, 3.63) is 39.8 Å². The highest BCUT2D eigenvalue weighted by atomic mass is 79.9. The summed E-state index contributed by atoms with van der Waals surface area (Å²) in [5, 5.41) is 3.81. The number of hydrogen-bond acceptors (Lipinski definition) is 2. The van der Waals surface area contributed by atoms with Gasteiger partial charge in [0.25, 0.3) is 0 Å². The first-order chi connectivity index (χ1) is 7.27. The lowest BCUT2D eigenvalue weighted by atomic mass is 10.1. The Labute approximate surface area is 96.0 Å². The zero-order valence-electron chi connectivity index (χ0n) is 8.22. The summed E-state index contributed by atoms with van der Waals surface area (Å²) >= 11 is 3.53. The number of methoxy groups -OCH3 is 1. The van der Waals surface area contributed by atoms with Crippen LogP contribution in [0.25, 0.3) is 10.4 Å². The number of hydrogen-bond donors (Lipinski definition) is 0. The van der Waals surface area contributed by atoms with E-state index in [2.05, 4.69) is 26.0 Å². The second kappa shape index (κ2) is 4.13. The second-order valence-electron chi connectivity index (χ2n) is 3.40. The molecule has 0 heterocycles. The highest BCUT2D eigenvalue weighted by Crippen LogP contribution is 2.43. The Morgan fingerprint density at radius 2 is 2.40 bits per heavy atom. The molecule has 0 fully saturated rings. The minimum atomic E-state index is -0.166. The predicted octanol–water partition coefficient (Wildman–Crippen LogP) is 3.37. The molecule has 0 aliphatic heterocycles. The molecule has 1 aromatic carbocycles. The molecule has 0 bridgehead atoms. The molecule has 15 heavy (non-hydrogen) atoms. The lowest BCUT2D eigenvalue weighted by Gasteiger charge is -2.11. The van der Waals surface area contributed by atoms with Crippen molar-refractivity contribution in [3.63, 3.8) is 0 Å². The number of halogens is 1. The Hall–Kier alpha value is -1.19. The molecule has 0 saturated heterocycles. The zero-order chi connectivity index (χ0) is 10.8. The molecule has 1 aliphatic rings. The van der Waals surface area contributed by atoms with E-state index in [1.165, 1.54) is 5.56 Å². The molecule has 0 radical (unpaired) electrons. The minimum Gasteiger partial charge on any atom is -0.496 e. The third-order valence-electron chi connectivity index (χ3n) is 2.61. The summed E-state index contributed by atoms with van der Waals surface area (Å²) in [4.78, 5) is 3.05. The van der Waals surface area contributed by atoms with Crippen molar-refractivity contribution in [2.75, 3.05) is 7.11 Å². The molecule has 0 N–H and O–H groups in total. The van der Waals surface area contributed by atoms with Crippen LogP contribution in [0.5, 0.6) is 5.75 Å². The van der Waals surface area contributed by atoms with Crippen molar-refractivity contribution >= 4 is 15.9 Å². The molecule has 5 heteroatoms. The molecule has 0 unspecified atom stereocenters. The van der Waals surface area contributed by atoms with Crippen LogP contribution in [0.4, 0.5) is 0 Å². The van der Waals surface area contributed by atoms with Crippen LogP contribution in [0.2, 0.25) is 0 Å². The molecular formula is C10H10BrN3O. The summed E-state index contributed by atoms with van der Waals surface area (Å²) in [6.45, 7) is 0. The molecular weight excluding hydrogens is 258 g/mol. The van der Waals surface area contributed by atoms with E-state index in [-0.39, 0.29) is 10.9 Å². The Balaban J connectivity index is 2.54. The van der Waals surface area contributed by atoms with Crippen LogP contribution >= 0.6 is 15.9 Å². The normalized spacial score (nSPS) is 23.1. The molecule has 0 saturated carbocycles. The third-order valence-corrected chi connectivity index (χ3v) is 3.43. The lowest BCUT2D eigenvalue weighted by molar-refractivity contribution is 0.407. The van der Waals surface area contributed by atoms with Gasteiger partial charge in [-0.05, 0) is 23.6 Å². The maximum absolute atomic E-state index is 8.53. The fourth-order valence-electron chi connectivity index (χ4n) is 1.97. The van der Waals surface area contributed by atoms with E-state index in [0.29, 0.717) is 0 Å². The van der Waals surface area contributed by atoms with Gasteiger partial charge in [-0.3, -0.25) is 0 Å². The lowest BCUT2D eigenvalue weighted by Crippen LogP contribution is -2.03. The van der Waals surface area contributed by atoms with Gasteiger partial charge in [0, 0.05) is 15.3 Å². The summed E-state index contributed by atoms with van der Waals surface area (Å²) in [6, 6.07) is 5.72. The van der Waals surface area contributed by atoms with Gasteiger partial charge in [-0.2, -0.15) is 0 Å². The van der Waals surface area contributed by atoms with Gasteiger partial charge in [0.15, 0.2) is 0 Å². The van der Waals surface area contributed by atoms with Crippen LogP contribution < -0.4 is 4.74 Å². The van der Waals surface area contributed by atoms with Crippen LogP contribution in [0.15, 0.2) is 23.3 Å². The SMILES string of the molecule is COc1cccc2c1[C@@H](N=[N+]=[N-])[C@H](Br)C2. The first-order valence-corrected chi connectivity index (χ1v) is 5.53. The summed E-state index contributed by atoms with van der Waals surface area (Å²) in [5.74, 6) is 0.798. The smallest absolute Gasteiger partial charge is 0.122 e. The van der Waals surface area contributed by atoms with Gasteiger partial charge >= 0.3 is 0 Å². The fraction of sp³-hybridized carbons (Fsp3) is 0.400. The number of fused-ring (bicyclic) bond motifs is 1. The topological polar surface area (TPSA) is 58.0 Å². The molecule has 0 aromatic heterocycles. The number of azide groups is 1. The van der Waals surface area contributed by atoms with Gasteiger partial charge in [0.2, 0.25) is 0 Å². The Morgan fingerprint density at radius 3 is 3.07 bits per heavy atom. The van der Waals surface area contributed by atoms with E-state index in [1.54, 1.807) is 7.11 Å². The highest BCUT2D eigenvalue weighted by molar-refractivity contribution is 9.09.